The Morgan fingerprint density at radius 2 is 1.75 bits per heavy atom. The summed E-state index contributed by atoms with van der Waals surface area (Å²) in [4.78, 5) is 22.3. The molecule has 0 saturated carbocycles. The second kappa shape index (κ2) is 10.7. The van der Waals surface area contributed by atoms with E-state index in [1.54, 1.807) is 24.4 Å². The number of carbonyl (C=O) groups is 1. The van der Waals surface area contributed by atoms with E-state index in [0.717, 1.165) is 28.8 Å². The maximum atomic E-state index is 14.2. The monoisotopic (exact) mass is 544 g/mol. The molecule has 9 heteroatoms. The van der Waals surface area contributed by atoms with Gasteiger partial charge in [0.15, 0.2) is 11.6 Å². The molecule has 1 aliphatic carbocycles. The van der Waals surface area contributed by atoms with Crippen molar-refractivity contribution in [3.8, 4) is 22.5 Å². The lowest BCUT2D eigenvalue weighted by Crippen LogP contribution is -2.45. The number of aromatic nitrogens is 2. The van der Waals surface area contributed by atoms with Crippen LogP contribution in [0.3, 0.4) is 0 Å². The third-order valence-electron chi connectivity index (χ3n) is 7.31. The first-order chi connectivity index (χ1) is 19.1. The highest BCUT2D eigenvalue weighted by Gasteiger charge is 2.40. The van der Waals surface area contributed by atoms with Crippen molar-refractivity contribution in [1.29, 1.82) is 0 Å². The van der Waals surface area contributed by atoms with Gasteiger partial charge in [-0.25, -0.2) is 18.6 Å². The predicted octanol–water partition coefficient (Wildman–Crippen LogP) is 5.79. The Balaban J connectivity index is 1.50. The molecule has 0 radical (unpaired) electrons. The van der Waals surface area contributed by atoms with Crippen molar-refractivity contribution >= 4 is 11.7 Å². The summed E-state index contributed by atoms with van der Waals surface area (Å²) >= 11 is 0. The van der Waals surface area contributed by atoms with Crippen molar-refractivity contribution in [3.05, 3.63) is 101 Å². The first kappa shape index (κ1) is 27.4. The number of aliphatic hydroxyl groups is 2. The predicted molar refractivity (Wildman–Crippen MR) is 148 cm³/mol. The first-order valence-electron chi connectivity index (χ1n) is 13.0. The highest BCUT2D eigenvalue weighted by atomic mass is 19.2. The van der Waals surface area contributed by atoms with Crippen LogP contribution in [0, 0.1) is 18.6 Å². The van der Waals surface area contributed by atoms with E-state index >= 15 is 0 Å². The Labute approximate surface area is 231 Å². The van der Waals surface area contributed by atoms with Crippen molar-refractivity contribution in [2.45, 2.75) is 51.4 Å². The van der Waals surface area contributed by atoms with Gasteiger partial charge in [0.05, 0.1) is 41.5 Å². The lowest BCUT2D eigenvalue weighted by atomic mass is 9.69. The van der Waals surface area contributed by atoms with Gasteiger partial charge < -0.3 is 20.8 Å². The minimum absolute atomic E-state index is 0.206. The Hall–Kier alpha value is -4.21. The van der Waals surface area contributed by atoms with Gasteiger partial charge in [0.25, 0.3) is 0 Å². The summed E-state index contributed by atoms with van der Waals surface area (Å²) in [5, 5.41) is 26.1. The molecule has 206 valence electrons. The van der Waals surface area contributed by atoms with E-state index < -0.39 is 35.2 Å². The molecule has 1 aliphatic rings. The number of halogens is 2. The van der Waals surface area contributed by atoms with E-state index in [1.165, 1.54) is 0 Å². The van der Waals surface area contributed by atoms with Gasteiger partial charge in [-0.05, 0) is 65.8 Å². The van der Waals surface area contributed by atoms with Gasteiger partial charge in [0.1, 0.15) is 0 Å². The summed E-state index contributed by atoms with van der Waals surface area (Å²) in [7, 11) is 0. The van der Waals surface area contributed by atoms with E-state index in [1.807, 2.05) is 51.1 Å². The van der Waals surface area contributed by atoms with Crippen molar-refractivity contribution in [2.24, 2.45) is 0 Å². The molecule has 2 amide bonds. The van der Waals surface area contributed by atoms with Gasteiger partial charge in [-0.1, -0.05) is 44.2 Å². The van der Waals surface area contributed by atoms with Crippen LogP contribution in [0.5, 0.6) is 0 Å². The maximum absolute atomic E-state index is 14.2. The minimum Gasteiger partial charge on any atom is -0.391 e. The molecule has 5 rings (SSSR count). The molecule has 2 heterocycles. The summed E-state index contributed by atoms with van der Waals surface area (Å²) in [6.07, 6.45) is 0.844. The normalized spacial score (nSPS) is 17.7. The number of aryl methyl sites for hydroxylation is 1. The van der Waals surface area contributed by atoms with E-state index in [2.05, 4.69) is 15.6 Å². The highest BCUT2D eigenvalue weighted by Crippen LogP contribution is 2.42. The van der Waals surface area contributed by atoms with E-state index in [4.69, 9.17) is 4.98 Å². The fourth-order valence-corrected chi connectivity index (χ4v) is 5.37. The molecule has 4 N–H and O–H groups in total. The SMILES string of the molecule is Cc1cc(NC(=O)NC2c3cc(F)c(F)cc3C(C)(C)C[C@H]2O)c(-c2ccccc2)nc1-c1ccnc(CO)c1. The Morgan fingerprint density at radius 1 is 1.02 bits per heavy atom. The van der Waals surface area contributed by atoms with Crippen LogP contribution >= 0.6 is 0 Å². The van der Waals surface area contributed by atoms with Crippen molar-refractivity contribution < 1.29 is 23.8 Å². The molecule has 1 unspecified atom stereocenters. The third kappa shape index (κ3) is 5.30. The molecule has 0 spiro atoms. The lowest BCUT2D eigenvalue weighted by Gasteiger charge is -2.40. The number of benzene rings is 2. The number of carbonyl (C=O) groups excluding carboxylic acids is 1. The van der Waals surface area contributed by atoms with Gasteiger partial charge in [0.2, 0.25) is 0 Å². The number of fused-ring (bicyclic) bond motifs is 1. The average molecular weight is 545 g/mol. The smallest absolute Gasteiger partial charge is 0.319 e. The molecule has 2 atom stereocenters. The molecule has 0 saturated heterocycles. The molecule has 7 nitrogen and oxygen atoms in total. The number of nitrogens with one attached hydrogen (secondary N) is 2. The summed E-state index contributed by atoms with van der Waals surface area (Å²) in [5.41, 5.74) is 4.67. The molecule has 0 fully saturated rings. The Bertz CT molecular complexity index is 1580. The fourth-order valence-electron chi connectivity index (χ4n) is 5.37. The quantitative estimate of drug-likeness (QED) is 0.254. The van der Waals surface area contributed by atoms with Crippen molar-refractivity contribution in [1.82, 2.24) is 15.3 Å². The number of nitrogens with zero attached hydrogens (tertiary/aromatic N) is 2. The zero-order valence-corrected chi connectivity index (χ0v) is 22.4. The third-order valence-corrected chi connectivity index (χ3v) is 7.31. The number of rotatable bonds is 5. The maximum Gasteiger partial charge on any atom is 0.319 e. The van der Waals surface area contributed by atoms with Crippen LogP contribution in [0.4, 0.5) is 19.3 Å². The molecule has 2 aromatic carbocycles. The summed E-state index contributed by atoms with van der Waals surface area (Å²) in [6, 6.07) is 15.3. The van der Waals surface area contributed by atoms with Crippen molar-refractivity contribution in [2.75, 3.05) is 5.32 Å². The molecule has 0 bridgehead atoms. The largest absolute Gasteiger partial charge is 0.391 e. The fraction of sp³-hybridized carbons (Fsp3) is 0.258. The number of amides is 2. The molecular weight excluding hydrogens is 514 g/mol. The van der Waals surface area contributed by atoms with Gasteiger partial charge in [-0.2, -0.15) is 0 Å². The highest BCUT2D eigenvalue weighted by molar-refractivity contribution is 5.94. The van der Waals surface area contributed by atoms with Gasteiger partial charge in [0, 0.05) is 17.3 Å². The van der Waals surface area contributed by atoms with Gasteiger partial charge in [-0.15, -0.1) is 0 Å². The van der Waals surface area contributed by atoms with Crippen LogP contribution in [0.2, 0.25) is 0 Å². The molecule has 40 heavy (non-hydrogen) atoms. The zero-order chi connectivity index (χ0) is 28.6. The van der Waals surface area contributed by atoms with Crippen LogP contribution in [0.1, 0.15) is 48.7 Å². The average Bonchev–Trinajstić information content (AvgIpc) is 2.92. The van der Waals surface area contributed by atoms with Crippen molar-refractivity contribution in [3.63, 3.8) is 0 Å². The first-order valence-corrected chi connectivity index (χ1v) is 13.0. The zero-order valence-electron chi connectivity index (χ0n) is 22.4. The molecule has 4 aromatic rings. The standard InChI is InChI=1S/C31H30F2N4O3/c1-17-11-25(28(18-7-5-4-6-8-18)36-27(17)19-9-10-34-20(12-19)16-38)35-30(40)37-29-21-13-23(32)24(33)14-22(21)31(2,3)15-26(29)39/h4-14,26,29,38-39H,15-16H2,1-3H3,(H2,35,37,40)/t26-,29?/m1/s1. The Morgan fingerprint density at radius 3 is 2.48 bits per heavy atom. The minimum atomic E-state index is -1.04. The number of hydrogen-bond acceptors (Lipinski definition) is 5. The topological polar surface area (TPSA) is 107 Å². The van der Waals surface area contributed by atoms with Crippen LogP contribution in [0.25, 0.3) is 22.5 Å². The summed E-state index contributed by atoms with van der Waals surface area (Å²) in [6.45, 7) is 5.34. The summed E-state index contributed by atoms with van der Waals surface area (Å²) in [5.74, 6) is -2.01. The number of anilines is 1. The lowest BCUT2D eigenvalue weighted by molar-refractivity contribution is 0.0878. The molecule has 2 aromatic heterocycles. The van der Waals surface area contributed by atoms with E-state index in [9.17, 15) is 23.8 Å². The van der Waals surface area contributed by atoms with Crippen LogP contribution in [-0.2, 0) is 12.0 Å². The summed E-state index contributed by atoms with van der Waals surface area (Å²) < 4.78 is 28.3. The van der Waals surface area contributed by atoms with E-state index in [-0.39, 0.29) is 13.0 Å². The number of pyridine rings is 2. The second-order valence-electron chi connectivity index (χ2n) is 10.7. The number of aliphatic hydroxyl groups excluding tert-OH is 2. The molecule has 0 aliphatic heterocycles. The van der Waals surface area contributed by atoms with Gasteiger partial charge in [-0.3, -0.25) is 4.98 Å². The van der Waals surface area contributed by atoms with Crippen LogP contribution in [-0.4, -0.2) is 32.3 Å². The van der Waals surface area contributed by atoms with Gasteiger partial charge >= 0.3 is 6.03 Å². The van der Waals surface area contributed by atoms with E-state index in [0.29, 0.717) is 33.9 Å². The number of urea groups is 1. The van der Waals surface area contributed by atoms with Crippen LogP contribution < -0.4 is 10.6 Å². The number of hydrogen-bond donors (Lipinski definition) is 4. The van der Waals surface area contributed by atoms with Crippen LogP contribution in [0.15, 0.2) is 66.9 Å². The Kier molecular flexibility index (Phi) is 7.35. The molecular formula is C31H30F2N4O3. The second-order valence-corrected chi connectivity index (χ2v) is 10.7.